The lowest BCUT2D eigenvalue weighted by Gasteiger charge is -2.19. The van der Waals surface area contributed by atoms with Gasteiger partial charge in [0.1, 0.15) is 12.4 Å². The highest BCUT2D eigenvalue weighted by molar-refractivity contribution is 7.71. The molecule has 1 aliphatic carbocycles. The standard InChI is InChI=1S/C30H23N3O4S/c34-28(37-19-14-15-25-26(16-19)32-29(38)31-25)27(18-8-2-1-3-9-18)33-30(35)36-17-24-22-12-6-4-10-20(22)21-11-5-7-13-23(21)24/h1-16,24,27H,17H2,(H,33,35)(H2,31,32,38)/t27-/m0/s1. The lowest BCUT2D eigenvalue weighted by Crippen LogP contribution is -2.37. The molecule has 8 heteroatoms. The summed E-state index contributed by atoms with van der Waals surface area (Å²) in [6, 6.07) is 29.2. The molecule has 1 atom stereocenters. The molecule has 38 heavy (non-hydrogen) atoms. The lowest BCUT2D eigenvalue weighted by molar-refractivity contribution is -0.136. The van der Waals surface area contributed by atoms with E-state index in [0.717, 1.165) is 27.8 Å². The average molecular weight is 522 g/mol. The van der Waals surface area contributed by atoms with Crippen molar-refractivity contribution in [1.82, 2.24) is 15.3 Å². The normalized spacial score (nSPS) is 12.9. The number of hydrogen-bond donors (Lipinski definition) is 3. The van der Waals surface area contributed by atoms with Gasteiger partial charge in [-0.1, -0.05) is 78.9 Å². The Labute approximate surface area is 223 Å². The number of esters is 1. The van der Waals surface area contributed by atoms with Crippen LogP contribution in [0.4, 0.5) is 4.79 Å². The van der Waals surface area contributed by atoms with Crippen LogP contribution < -0.4 is 10.1 Å². The average Bonchev–Trinajstić information content (AvgIpc) is 3.47. The molecule has 1 aromatic heterocycles. The first-order chi connectivity index (χ1) is 18.6. The van der Waals surface area contributed by atoms with Gasteiger partial charge in [-0.15, -0.1) is 0 Å². The van der Waals surface area contributed by atoms with E-state index in [0.29, 0.717) is 21.6 Å². The Kier molecular flexibility index (Phi) is 6.23. The topological polar surface area (TPSA) is 96.2 Å². The summed E-state index contributed by atoms with van der Waals surface area (Å²) in [6.07, 6.45) is -0.706. The second kappa shape index (κ2) is 9.99. The van der Waals surface area contributed by atoms with Crippen molar-refractivity contribution in [3.63, 3.8) is 0 Å². The maximum absolute atomic E-state index is 13.2. The van der Waals surface area contributed by atoms with Gasteiger partial charge in [-0.2, -0.15) is 0 Å². The lowest BCUT2D eigenvalue weighted by atomic mass is 9.98. The van der Waals surface area contributed by atoms with Crippen LogP contribution in [0.15, 0.2) is 97.1 Å². The van der Waals surface area contributed by atoms with Crippen LogP contribution in [0.5, 0.6) is 5.75 Å². The molecule has 0 saturated heterocycles. The van der Waals surface area contributed by atoms with Crippen molar-refractivity contribution in [1.29, 1.82) is 0 Å². The number of nitrogens with one attached hydrogen (secondary N) is 3. The summed E-state index contributed by atoms with van der Waals surface area (Å²) in [5, 5.41) is 2.70. The number of fused-ring (bicyclic) bond motifs is 4. The molecule has 0 radical (unpaired) electrons. The zero-order valence-corrected chi connectivity index (χ0v) is 21.0. The summed E-state index contributed by atoms with van der Waals surface area (Å²) >= 11 is 5.12. The zero-order chi connectivity index (χ0) is 26.1. The van der Waals surface area contributed by atoms with Crippen molar-refractivity contribution in [3.05, 3.63) is 119 Å². The predicted molar refractivity (Wildman–Crippen MR) is 147 cm³/mol. The maximum Gasteiger partial charge on any atom is 0.408 e. The van der Waals surface area contributed by atoms with Gasteiger partial charge >= 0.3 is 12.1 Å². The van der Waals surface area contributed by atoms with Crippen molar-refractivity contribution in [2.75, 3.05) is 6.61 Å². The Hall–Kier alpha value is -4.69. The van der Waals surface area contributed by atoms with E-state index in [4.69, 9.17) is 21.7 Å². The molecule has 7 nitrogen and oxygen atoms in total. The van der Waals surface area contributed by atoms with Gasteiger partial charge in [-0.05, 0) is 52.2 Å². The molecule has 188 valence electrons. The number of alkyl carbamates (subject to hydrolysis) is 1. The number of hydrogen-bond acceptors (Lipinski definition) is 5. The van der Waals surface area contributed by atoms with Gasteiger partial charge in [0.25, 0.3) is 0 Å². The second-order valence-electron chi connectivity index (χ2n) is 9.02. The molecular formula is C30H23N3O4S. The Morgan fingerprint density at radius 3 is 2.16 bits per heavy atom. The highest BCUT2D eigenvalue weighted by Crippen LogP contribution is 2.44. The number of aromatic amines is 2. The van der Waals surface area contributed by atoms with Crippen LogP contribution in [0.3, 0.4) is 0 Å². The van der Waals surface area contributed by atoms with Crippen LogP contribution >= 0.6 is 12.2 Å². The van der Waals surface area contributed by atoms with Crippen LogP contribution in [-0.4, -0.2) is 28.6 Å². The third-order valence-corrected chi connectivity index (χ3v) is 6.88. The van der Waals surface area contributed by atoms with E-state index in [-0.39, 0.29) is 12.5 Å². The summed E-state index contributed by atoms with van der Waals surface area (Å²) < 4.78 is 11.8. The second-order valence-corrected chi connectivity index (χ2v) is 9.43. The van der Waals surface area contributed by atoms with Crippen molar-refractivity contribution >= 4 is 35.3 Å². The predicted octanol–water partition coefficient (Wildman–Crippen LogP) is 6.41. The minimum atomic E-state index is -1.06. The van der Waals surface area contributed by atoms with Gasteiger partial charge in [0.15, 0.2) is 10.8 Å². The monoisotopic (exact) mass is 521 g/mol. The van der Waals surface area contributed by atoms with Crippen LogP contribution in [0.25, 0.3) is 22.2 Å². The van der Waals surface area contributed by atoms with Gasteiger partial charge in [-0.3, -0.25) is 0 Å². The fourth-order valence-corrected chi connectivity index (χ4v) is 5.15. The van der Waals surface area contributed by atoms with Crippen LogP contribution in [0.2, 0.25) is 0 Å². The first kappa shape index (κ1) is 23.7. The van der Waals surface area contributed by atoms with E-state index in [9.17, 15) is 9.59 Å². The molecule has 0 unspecified atom stereocenters. The Morgan fingerprint density at radius 1 is 0.816 bits per heavy atom. The molecule has 0 aliphatic heterocycles. The van der Waals surface area contributed by atoms with Crippen molar-refractivity contribution in [2.45, 2.75) is 12.0 Å². The van der Waals surface area contributed by atoms with Gasteiger partial charge in [0.2, 0.25) is 0 Å². The Bertz CT molecular complexity index is 1660. The number of H-pyrrole nitrogens is 2. The number of amides is 1. The van der Waals surface area contributed by atoms with E-state index in [1.807, 2.05) is 30.3 Å². The van der Waals surface area contributed by atoms with E-state index >= 15 is 0 Å². The molecule has 3 N–H and O–H groups in total. The van der Waals surface area contributed by atoms with E-state index < -0.39 is 18.1 Å². The summed E-state index contributed by atoms with van der Waals surface area (Å²) in [4.78, 5) is 32.2. The molecule has 0 bridgehead atoms. The quantitative estimate of drug-likeness (QED) is 0.136. The molecule has 6 rings (SSSR count). The molecule has 1 heterocycles. The van der Waals surface area contributed by atoms with E-state index in [2.05, 4.69) is 39.6 Å². The first-order valence-electron chi connectivity index (χ1n) is 12.2. The minimum Gasteiger partial charge on any atom is -0.449 e. The van der Waals surface area contributed by atoms with Crippen LogP contribution in [0, 0.1) is 4.77 Å². The van der Waals surface area contributed by atoms with Gasteiger partial charge in [-0.25, -0.2) is 9.59 Å². The highest BCUT2D eigenvalue weighted by Gasteiger charge is 2.30. The summed E-state index contributed by atoms with van der Waals surface area (Å²) in [5.74, 6) is -0.407. The fraction of sp³-hybridized carbons (Fsp3) is 0.100. The van der Waals surface area contributed by atoms with Crippen LogP contribution in [-0.2, 0) is 9.53 Å². The number of carbonyl (C=O) groups is 2. The molecule has 1 amide bonds. The summed E-state index contributed by atoms with van der Waals surface area (Å²) in [5.41, 5.74) is 6.59. The summed E-state index contributed by atoms with van der Waals surface area (Å²) in [7, 11) is 0. The van der Waals surface area contributed by atoms with Crippen molar-refractivity contribution < 1.29 is 19.1 Å². The third-order valence-electron chi connectivity index (χ3n) is 6.68. The van der Waals surface area contributed by atoms with Gasteiger partial charge in [0.05, 0.1) is 11.0 Å². The summed E-state index contributed by atoms with van der Waals surface area (Å²) in [6.45, 7) is 0.139. The van der Waals surface area contributed by atoms with E-state index in [1.165, 1.54) is 0 Å². The van der Waals surface area contributed by atoms with Gasteiger partial charge in [0, 0.05) is 12.0 Å². The number of carbonyl (C=O) groups excluding carboxylic acids is 2. The van der Waals surface area contributed by atoms with Gasteiger partial charge < -0.3 is 24.8 Å². The number of aromatic nitrogens is 2. The number of imidazole rings is 1. The SMILES string of the molecule is O=C(N[C@H](C(=O)Oc1ccc2[nH]c(=S)[nH]c2c1)c1ccccc1)OCC1c2ccccc2-c2ccccc21. The van der Waals surface area contributed by atoms with Crippen molar-refractivity contribution in [3.8, 4) is 16.9 Å². The number of benzene rings is 4. The Balaban J connectivity index is 1.19. The molecular weight excluding hydrogens is 498 g/mol. The first-order valence-corrected chi connectivity index (χ1v) is 12.6. The molecule has 5 aromatic rings. The largest absolute Gasteiger partial charge is 0.449 e. The molecule has 1 aliphatic rings. The van der Waals surface area contributed by atoms with Crippen LogP contribution in [0.1, 0.15) is 28.7 Å². The minimum absolute atomic E-state index is 0.0890. The molecule has 0 saturated carbocycles. The molecule has 0 fully saturated rings. The zero-order valence-electron chi connectivity index (χ0n) is 20.1. The molecule has 0 spiro atoms. The number of ether oxygens (including phenoxy) is 2. The molecule has 4 aromatic carbocycles. The Morgan fingerprint density at radius 2 is 1.45 bits per heavy atom. The van der Waals surface area contributed by atoms with Crippen molar-refractivity contribution in [2.24, 2.45) is 0 Å². The fourth-order valence-electron chi connectivity index (χ4n) is 4.93. The smallest absolute Gasteiger partial charge is 0.408 e. The van der Waals surface area contributed by atoms with E-state index in [1.54, 1.807) is 42.5 Å². The number of rotatable bonds is 6. The third kappa shape index (κ3) is 4.57. The maximum atomic E-state index is 13.2. The highest BCUT2D eigenvalue weighted by atomic mass is 32.1.